The van der Waals surface area contributed by atoms with Gasteiger partial charge in [-0.15, -0.1) is 0 Å². The van der Waals surface area contributed by atoms with Crippen LogP contribution in [0.1, 0.15) is 18.9 Å². The van der Waals surface area contributed by atoms with E-state index in [0.717, 1.165) is 19.6 Å². The van der Waals surface area contributed by atoms with Gasteiger partial charge >= 0.3 is 0 Å². The number of hydrogen-bond donors (Lipinski definition) is 1. The van der Waals surface area contributed by atoms with E-state index in [2.05, 4.69) is 61.6 Å². The highest BCUT2D eigenvalue weighted by Gasteiger charge is 1.93. The van der Waals surface area contributed by atoms with E-state index >= 15 is 0 Å². The maximum absolute atomic E-state index is 3.47. The average molecular weight is 232 g/mol. The molecule has 0 radical (unpaired) electrons. The van der Waals surface area contributed by atoms with Gasteiger partial charge in [-0.25, -0.2) is 0 Å². The van der Waals surface area contributed by atoms with Crippen LogP contribution in [0.2, 0.25) is 0 Å². The smallest absolute Gasteiger partial charge is 0.0165 e. The highest BCUT2D eigenvalue weighted by Crippen LogP contribution is 2.04. The molecule has 0 aliphatic heterocycles. The van der Waals surface area contributed by atoms with Crippen LogP contribution in [-0.4, -0.2) is 38.6 Å². The van der Waals surface area contributed by atoms with Crippen molar-refractivity contribution in [3.8, 4) is 0 Å². The van der Waals surface area contributed by atoms with E-state index in [1.54, 1.807) is 0 Å². The predicted octanol–water partition coefficient (Wildman–Crippen LogP) is 2.63. The Morgan fingerprint density at radius 1 is 1.24 bits per heavy atom. The zero-order chi connectivity index (χ0) is 12.5. The number of hydrogen-bond acceptors (Lipinski definition) is 2. The Balaban J connectivity index is 2.21. The third-order valence-electron chi connectivity index (χ3n) is 2.58. The first-order chi connectivity index (χ1) is 8.18. The van der Waals surface area contributed by atoms with Gasteiger partial charge in [-0.1, -0.05) is 42.0 Å². The fourth-order valence-corrected chi connectivity index (χ4v) is 1.69. The summed E-state index contributed by atoms with van der Waals surface area (Å²) in [5.74, 6) is 0. The highest BCUT2D eigenvalue weighted by molar-refractivity contribution is 5.52. The molecular weight excluding hydrogens is 208 g/mol. The van der Waals surface area contributed by atoms with Gasteiger partial charge in [-0.2, -0.15) is 0 Å². The lowest BCUT2D eigenvalue weighted by atomic mass is 10.1. The largest absolute Gasteiger partial charge is 0.313 e. The molecule has 0 aliphatic rings. The fourth-order valence-electron chi connectivity index (χ4n) is 1.69. The molecule has 0 aromatic heterocycles. The molecule has 0 bridgehead atoms. The molecule has 17 heavy (non-hydrogen) atoms. The Kier molecular flexibility index (Phi) is 6.60. The molecule has 1 rings (SSSR count). The second-order valence-corrected chi connectivity index (χ2v) is 4.73. The predicted molar refractivity (Wildman–Crippen MR) is 76.1 cm³/mol. The zero-order valence-electron chi connectivity index (χ0n) is 11.2. The lowest BCUT2D eigenvalue weighted by Gasteiger charge is -2.10. The van der Waals surface area contributed by atoms with E-state index in [1.807, 2.05) is 6.07 Å². The van der Waals surface area contributed by atoms with E-state index in [4.69, 9.17) is 0 Å². The van der Waals surface area contributed by atoms with Crippen molar-refractivity contribution in [1.82, 2.24) is 10.2 Å². The molecule has 0 atom stereocenters. The van der Waals surface area contributed by atoms with E-state index in [9.17, 15) is 0 Å². The van der Waals surface area contributed by atoms with E-state index in [-0.39, 0.29) is 0 Å². The highest BCUT2D eigenvalue weighted by atomic mass is 15.0. The van der Waals surface area contributed by atoms with Gasteiger partial charge < -0.3 is 10.2 Å². The molecule has 0 saturated heterocycles. The summed E-state index contributed by atoms with van der Waals surface area (Å²) in [6, 6.07) is 10.5. The summed E-state index contributed by atoms with van der Waals surface area (Å²) in [4.78, 5) is 2.22. The molecule has 0 amide bonds. The van der Waals surface area contributed by atoms with Crippen LogP contribution in [0.15, 0.2) is 35.9 Å². The molecule has 1 aromatic rings. The lowest BCUT2D eigenvalue weighted by Crippen LogP contribution is -2.22. The molecule has 0 spiro atoms. The Morgan fingerprint density at radius 3 is 2.59 bits per heavy atom. The first kappa shape index (κ1) is 13.9. The topological polar surface area (TPSA) is 15.3 Å². The minimum Gasteiger partial charge on any atom is -0.313 e. The molecule has 94 valence electrons. The van der Waals surface area contributed by atoms with E-state index in [0.29, 0.717) is 0 Å². The summed E-state index contributed by atoms with van der Waals surface area (Å²) < 4.78 is 0. The van der Waals surface area contributed by atoms with Crippen LogP contribution in [0.4, 0.5) is 0 Å². The van der Waals surface area contributed by atoms with Crippen molar-refractivity contribution in [2.45, 2.75) is 13.3 Å². The summed E-state index contributed by atoms with van der Waals surface area (Å²) in [5.41, 5.74) is 2.65. The number of nitrogens with one attached hydrogen (secondary N) is 1. The van der Waals surface area contributed by atoms with Gasteiger partial charge in [0, 0.05) is 6.54 Å². The molecule has 1 N–H and O–H groups in total. The van der Waals surface area contributed by atoms with Crippen molar-refractivity contribution < 1.29 is 0 Å². The van der Waals surface area contributed by atoms with Crippen molar-refractivity contribution in [3.63, 3.8) is 0 Å². The number of benzene rings is 1. The molecule has 0 saturated carbocycles. The first-order valence-corrected chi connectivity index (χ1v) is 6.26. The Morgan fingerprint density at radius 2 is 1.94 bits per heavy atom. The van der Waals surface area contributed by atoms with Crippen molar-refractivity contribution in [1.29, 1.82) is 0 Å². The van der Waals surface area contributed by atoms with E-state index < -0.39 is 0 Å². The molecule has 1 aromatic carbocycles. The maximum Gasteiger partial charge on any atom is 0.0165 e. The SMILES string of the molecule is CC(=Cc1ccccc1)CNCCCN(C)C. The fraction of sp³-hybridized carbons (Fsp3) is 0.467. The Labute approximate surface area is 105 Å². The zero-order valence-corrected chi connectivity index (χ0v) is 11.2. The molecule has 0 fully saturated rings. The normalized spacial score (nSPS) is 12.1. The number of rotatable bonds is 7. The molecule has 0 unspecified atom stereocenters. The van der Waals surface area contributed by atoms with Gasteiger partial charge in [-0.05, 0) is 46.1 Å². The molecular formula is C15H24N2. The van der Waals surface area contributed by atoms with Gasteiger partial charge in [0.2, 0.25) is 0 Å². The third-order valence-corrected chi connectivity index (χ3v) is 2.58. The van der Waals surface area contributed by atoms with Crippen molar-refractivity contribution in [3.05, 3.63) is 41.5 Å². The van der Waals surface area contributed by atoms with Gasteiger partial charge in [0.25, 0.3) is 0 Å². The first-order valence-electron chi connectivity index (χ1n) is 6.26. The summed E-state index contributed by atoms with van der Waals surface area (Å²) in [5, 5.41) is 3.47. The molecule has 0 aliphatic carbocycles. The molecule has 0 heterocycles. The Hall–Kier alpha value is -1.12. The van der Waals surface area contributed by atoms with Crippen LogP contribution >= 0.6 is 0 Å². The maximum atomic E-state index is 3.47. The monoisotopic (exact) mass is 232 g/mol. The second-order valence-electron chi connectivity index (χ2n) is 4.73. The van der Waals surface area contributed by atoms with E-state index in [1.165, 1.54) is 17.6 Å². The standard InChI is InChI=1S/C15H24N2/c1-14(12-15-8-5-4-6-9-15)13-16-10-7-11-17(2)3/h4-6,8-9,12,16H,7,10-11,13H2,1-3H3. The van der Waals surface area contributed by atoms with Crippen LogP contribution < -0.4 is 5.32 Å². The summed E-state index contributed by atoms with van der Waals surface area (Å²) >= 11 is 0. The van der Waals surface area contributed by atoms with Crippen molar-refractivity contribution in [2.75, 3.05) is 33.7 Å². The van der Waals surface area contributed by atoms with Crippen LogP contribution in [0.5, 0.6) is 0 Å². The average Bonchev–Trinajstić information content (AvgIpc) is 2.29. The van der Waals surface area contributed by atoms with Crippen LogP contribution in [0, 0.1) is 0 Å². The van der Waals surface area contributed by atoms with Gasteiger partial charge in [0.15, 0.2) is 0 Å². The minimum absolute atomic E-state index is 0.975. The van der Waals surface area contributed by atoms with Gasteiger partial charge in [0.05, 0.1) is 0 Å². The third kappa shape index (κ3) is 6.93. The van der Waals surface area contributed by atoms with Crippen LogP contribution in [0.25, 0.3) is 6.08 Å². The molecule has 2 nitrogen and oxygen atoms in total. The van der Waals surface area contributed by atoms with Crippen LogP contribution in [0.3, 0.4) is 0 Å². The van der Waals surface area contributed by atoms with Gasteiger partial charge in [-0.3, -0.25) is 0 Å². The minimum atomic E-state index is 0.975. The summed E-state index contributed by atoms with van der Waals surface area (Å²) in [6.07, 6.45) is 3.44. The lowest BCUT2D eigenvalue weighted by molar-refractivity contribution is 0.396. The van der Waals surface area contributed by atoms with Crippen molar-refractivity contribution >= 4 is 6.08 Å². The number of nitrogens with zero attached hydrogens (tertiary/aromatic N) is 1. The quantitative estimate of drug-likeness (QED) is 0.727. The summed E-state index contributed by atoms with van der Waals surface area (Å²) in [6.45, 7) is 5.38. The Bertz CT molecular complexity index is 328. The van der Waals surface area contributed by atoms with Gasteiger partial charge in [0.1, 0.15) is 0 Å². The second kappa shape index (κ2) is 8.04. The van der Waals surface area contributed by atoms with Crippen LogP contribution in [-0.2, 0) is 0 Å². The summed E-state index contributed by atoms with van der Waals surface area (Å²) in [7, 11) is 4.22. The van der Waals surface area contributed by atoms with Crippen molar-refractivity contribution in [2.24, 2.45) is 0 Å². The molecule has 2 heteroatoms.